The monoisotopic (exact) mass is 306 g/mol. The number of nitrogens with one attached hydrogen (secondary N) is 1. The summed E-state index contributed by atoms with van der Waals surface area (Å²) in [6, 6.07) is 4.34. The Morgan fingerprint density at radius 3 is 2.18 bits per heavy atom. The normalized spacial score (nSPS) is 21.2. The van der Waals surface area contributed by atoms with Crippen molar-refractivity contribution < 1.29 is 14.6 Å². The van der Waals surface area contributed by atoms with Crippen LogP contribution in [0.1, 0.15) is 30.9 Å². The quantitative estimate of drug-likeness (QED) is 0.873. The number of piperazine rings is 1. The first-order valence-corrected chi connectivity index (χ1v) is 8.14. The van der Waals surface area contributed by atoms with Gasteiger partial charge in [0.05, 0.1) is 14.2 Å². The lowest BCUT2D eigenvalue weighted by atomic mass is 9.76. The highest BCUT2D eigenvalue weighted by atomic mass is 16.5. The molecule has 5 heteroatoms. The third-order valence-electron chi connectivity index (χ3n) is 4.98. The number of ether oxygens (including phenoxy) is 2. The molecule has 1 saturated carbocycles. The van der Waals surface area contributed by atoms with Gasteiger partial charge in [-0.2, -0.15) is 0 Å². The highest BCUT2D eigenvalue weighted by Gasteiger charge is 2.34. The predicted molar refractivity (Wildman–Crippen MR) is 85.7 cm³/mol. The standard InChI is InChI=1S/C17H26N2O3/c1-21-14-10-13(11-15(22-2)17(14)20)16(12-4-3-5-12)19-8-6-18-7-9-19/h10-12,16,18,20H,3-9H2,1-2H3/t16-/m0/s1. The van der Waals surface area contributed by atoms with E-state index >= 15 is 0 Å². The number of rotatable bonds is 5. The maximum absolute atomic E-state index is 10.1. The molecule has 2 N–H and O–H groups in total. The van der Waals surface area contributed by atoms with E-state index in [0.717, 1.165) is 26.2 Å². The Morgan fingerprint density at radius 1 is 1.14 bits per heavy atom. The van der Waals surface area contributed by atoms with E-state index in [1.165, 1.54) is 24.8 Å². The summed E-state index contributed by atoms with van der Waals surface area (Å²) < 4.78 is 10.7. The molecule has 2 fully saturated rings. The number of phenols is 1. The summed E-state index contributed by atoms with van der Waals surface area (Å²) in [5.74, 6) is 1.76. The molecule has 1 aromatic rings. The molecular formula is C17H26N2O3. The average molecular weight is 306 g/mol. The molecule has 1 saturated heterocycles. The summed E-state index contributed by atoms with van der Waals surface area (Å²) in [7, 11) is 3.17. The molecule has 0 bridgehead atoms. The number of phenolic OH excluding ortho intramolecular Hbond substituents is 1. The van der Waals surface area contributed by atoms with Crippen LogP contribution in [-0.2, 0) is 0 Å². The van der Waals surface area contributed by atoms with Gasteiger partial charge in [-0.3, -0.25) is 4.90 Å². The average Bonchev–Trinajstić information content (AvgIpc) is 2.52. The number of benzene rings is 1. The van der Waals surface area contributed by atoms with Crippen LogP contribution in [0, 0.1) is 5.92 Å². The Kier molecular flexibility index (Phi) is 4.74. The third-order valence-corrected chi connectivity index (χ3v) is 4.98. The van der Waals surface area contributed by atoms with Gasteiger partial charge in [-0.25, -0.2) is 0 Å². The van der Waals surface area contributed by atoms with E-state index < -0.39 is 0 Å². The van der Waals surface area contributed by atoms with Gasteiger partial charge < -0.3 is 19.9 Å². The molecule has 1 aromatic carbocycles. The van der Waals surface area contributed by atoms with Crippen LogP contribution in [0.25, 0.3) is 0 Å². The van der Waals surface area contributed by atoms with Crippen LogP contribution < -0.4 is 14.8 Å². The zero-order chi connectivity index (χ0) is 15.5. The molecule has 0 radical (unpaired) electrons. The lowest BCUT2D eigenvalue weighted by molar-refractivity contribution is 0.0833. The fraction of sp³-hybridized carbons (Fsp3) is 0.647. The minimum Gasteiger partial charge on any atom is -0.502 e. The molecule has 5 nitrogen and oxygen atoms in total. The van der Waals surface area contributed by atoms with E-state index in [0.29, 0.717) is 23.5 Å². The van der Waals surface area contributed by atoms with E-state index in [-0.39, 0.29) is 5.75 Å². The molecule has 3 rings (SSSR count). The number of aromatic hydroxyl groups is 1. The van der Waals surface area contributed by atoms with Crippen LogP contribution in [-0.4, -0.2) is 50.4 Å². The van der Waals surface area contributed by atoms with Crippen molar-refractivity contribution in [2.45, 2.75) is 25.3 Å². The van der Waals surface area contributed by atoms with Crippen molar-refractivity contribution in [3.8, 4) is 17.2 Å². The molecule has 0 spiro atoms. The second-order valence-corrected chi connectivity index (χ2v) is 6.20. The topological polar surface area (TPSA) is 54.0 Å². The van der Waals surface area contributed by atoms with Crippen molar-refractivity contribution >= 4 is 0 Å². The van der Waals surface area contributed by atoms with Crippen LogP contribution in [0.5, 0.6) is 17.2 Å². The van der Waals surface area contributed by atoms with Crippen LogP contribution in [0.3, 0.4) is 0 Å². The predicted octanol–water partition coefficient (Wildman–Crippen LogP) is 2.16. The SMILES string of the molecule is COc1cc([C@H](C2CCC2)N2CCNCC2)cc(OC)c1O. The molecular weight excluding hydrogens is 280 g/mol. The number of nitrogens with zero attached hydrogens (tertiary/aromatic N) is 1. The second-order valence-electron chi connectivity index (χ2n) is 6.20. The Morgan fingerprint density at radius 2 is 1.73 bits per heavy atom. The highest BCUT2D eigenvalue weighted by molar-refractivity contribution is 5.53. The zero-order valence-electron chi connectivity index (χ0n) is 13.5. The molecule has 0 aromatic heterocycles. The summed E-state index contributed by atoms with van der Waals surface area (Å²) in [4.78, 5) is 2.56. The first-order valence-electron chi connectivity index (χ1n) is 8.14. The summed E-state index contributed by atoms with van der Waals surface area (Å²) in [5.41, 5.74) is 1.19. The molecule has 22 heavy (non-hydrogen) atoms. The largest absolute Gasteiger partial charge is 0.502 e. The lowest BCUT2D eigenvalue weighted by Crippen LogP contribution is -2.47. The highest BCUT2D eigenvalue weighted by Crippen LogP contribution is 2.46. The van der Waals surface area contributed by atoms with Crippen molar-refractivity contribution in [3.05, 3.63) is 17.7 Å². The molecule has 0 amide bonds. The van der Waals surface area contributed by atoms with E-state index in [9.17, 15) is 5.11 Å². The van der Waals surface area contributed by atoms with E-state index in [4.69, 9.17) is 9.47 Å². The maximum atomic E-state index is 10.1. The second kappa shape index (κ2) is 6.75. The van der Waals surface area contributed by atoms with E-state index in [1.54, 1.807) is 14.2 Å². The van der Waals surface area contributed by atoms with Gasteiger partial charge in [-0.05, 0) is 36.5 Å². The van der Waals surface area contributed by atoms with Crippen molar-refractivity contribution in [2.75, 3.05) is 40.4 Å². The van der Waals surface area contributed by atoms with Crippen molar-refractivity contribution in [1.82, 2.24) is 10.2 Å². The Balaban J connectivity index is 1.95. The molecule has 122 valence electrons. The summed E-state index contributed by atoms with van der Waals surface area (Å²) in [6.45, 7) is 4.20. The third kappa shape index (κ3) is 2.88. The van der Waals surface area contributed by atoms with Gasteiger partial charge in [0.2, 0.25) is 5.75 Å². The Labute approximate surface area is 132 Å². The Hall–Kier alpha value is -1.46. The molecule has 1 heterocycles. The van der Waals surface area contributed by atoms with Gasteiger partial charge in [0.1, 0.15) is 0 Å². The van der Waals surface area contributed by atoms with Gasteiger partial charge in [0.25, 0.3) is 0 Å². The summed E-state index contributed by atoms with van der Waals surface area (Å²) in [6.07, 6.45) is 3.87. The zero-order valence-corrected chi connectivity index (χ0v) is 13.5. The smallest absolute Gasteiger partial charge is 0.200 e. The minimum atomic E-state index is 0.0846. The fourth-order valence-electron chi connectivity index (χ4n) is 3.58. The number of hydrogen-bond donors (Lipinski definition) is 2. The van der Waals surface area contributed by atoms with Gasteiger partial charge in [0.15, 0.2) is 11.5 Å². The van der Waals surface area contributed by atoms with Crippen molar-refractivity contribution in [3.63, 3.8) is 0 Å². The maximum Gasteiger partial charge on any atom is 0.200 e. The van der Waals surface area contributed by atoms with Crippen LogP contribution in [0.2, 0.25) is 0 Å². The Bertz CT molecular complexity index is 486. The minimum absolute atomic E-state index is 0.0846. The van der Waals surface area contributed by atoms with Crippen LogP contribution >= 0.6 is 0 Å². The summed E-state index contributed by atoms with van der Waals surface area (Å²) in [5, 5.41) is 13.6. The molecule has 1 atom stereocenters. The fourth-order valence-corrected chi connectivity index (χ4v) is 3.58. The molecule has 0 unspecified atom stereocenters. The lowest BCUT2D eigenvalue weighted by Gasteiger charge is -2.43. The van der Waals surface area contributed by atoms with Crippen molar-refractivity contribution in [1.29, 1.82) is 0 Å². The van der Waals surface area contributed by atoms with E-state index in [1.807, 2.05) is 12.1 Å². The van der Waals surface area contributed by atoms with Gasteiger partial charge in [-0.15, -0.1) is 0 Å². The van der Waals surface area contributed by atoms with Gasteiger partial charge >= 0.3 is 0 Å². The van der Waals surface area contributed by atoms with E-state index in [2.05, 4.69) is 10.2 Å². The molecule has 1 aliphatic carbocycles. The van der Waals surface area contributed by atoms with Gasteiger partial charge in [-0.1, -0.05) is 6.42 Å². The molecule has 1 aliphatic heterocycles. The van der Waals surface area contributed by atoms with Crippen LogP contribution in [0.4, 0.5) is 0 Å². The first-order chi connectivity index (χ1) is 10.7. The molecule has 2 aliphatic rings. The van der Waals surface area contributed by atoms with Crippen LogP contribution in [0.15, 0.2) is 12.1 Å². The van der Waals surface area contributed by atoms with Crippen molar-refractivity contribution in [2.24, 2.45) is 5.92 Å². The number of methoxy groups -OCH3 is 2. The first kappa shape index (κ1) is 15.4. The van der Waals surface area contributed by atoms with Gasteiger partial charge in [0, 0.05) is 32.2 Å². The summed E-state index contributed by atoms with van der Waals surface area (Å²) >= 11 is 0. The number of hydrogen-bond acceptors (Lipinski definition) is 5.